The third kappa shape index (κ3) is 6.93. The Morgan fingerprint density at radius 1 is 1.00 bits per heavy atom. The lowest BCUT2D eigenvalue weighted by atomic mass is 10.1. The number of nitro benzene ring substituents is 1. The number of nitro groups is 1. The van der Waals surface area contributed by atoms with Crippen molar-refractivity contribution in [2.75, 3.05) is 6.61 Å². The van der Waals surface area contributed by atoms with E-state index in [0.29, 0.717) is 36.7 Å². The molecule has 0 saturated carbocycles. The van der Waals surface area contributed by atoms with Crippen LogP contribution in [0, 0.1) is 10.1 Å². The number of hydrogen-bond acceptors (Lipinski definition) is 6. The van der Waals surface area contributed by atoms with E-state index in [1.54, 1.807) is 24.4 Å². The Morgan fingerprint density at radius 2 is 1.79 bits per heavy atom. The molecule has 3 aromatic rings. The summed E-state index contributed by atoms with van der Waals surface area (Å²) < 4.78 is 12.0. The number of nitrogens with zero attached hydrogens (tertiary/aromatic N) is 2. The van der Waals surface area contributed by atoms with Gasteiger partial charge in [-0.25, -0.2) is 0 Å². The Balaban J connectivity index is 1.75. The molecule has 0 bridgehead atoms. The van der Waals surface area contributed by atoms with Gasteiger partial charge >= 0.3 is 0 Å². The lowest BCUT2D eigenvalue weighted by Gasteiger charge is -2.16. The van der Waals surface area contributed by atoms with Crippen LogP contribution in [0.25, 0.3) is 0 Å². The molecule has 7 nitrogen and oxygen atoms in total. The van der Waals surface area contributed by atoms with Crippen LogP contribution >= 0.6 is 0 Å². The normalized spacial score (nSPS) is 10.7. The predicted molar refractivity (Wildman–Crippen MR) is 128 cm³/mol. The van der Waals surface area contributed by atoms with E-state index >= 15 is 0 Å². The Labute approximate surface area is 193 Å². The zero-order chi connectivity index (χ0) is 23.5. The van der Waals surface area contributed by atoms with Crippen LogP contribution in [0.15, 0.2) is 84.5 Å². The van der Waals surface area contributed by atoms with Crippen LogP contribution in [0.2, 0.25) is 0 Å². The average molecular weight is 447 g/mol. The molecule has 0 aliphatic heterocycles. The van der Waals surface area contributed by atoms with E-state index in [4.69, 9.17) is 14.3 Å². The fraction of sp³-hybridized carbons (Fsp3) is 0.192. The van der Waals surface area contributed by atoms with Crippen LogP contribution in [0.4, 0.5) is 5.69 Å². The number of rotatable bonds is 12. The highest BCUT2D eigenvalue weighted by Crippen LogP contribution is 2.34. The van der Waals surface area contributed by atoms with Crippen molar-refractivity contribution in [2.24, 2.45) is 5.16 Å². The first-order valence-corrected chi connectivity index (χ1v) is 10.6. The molecule has 0 N–H and O–H groups in total. The second-order valence-electron chi connectivity index (χ2n) is 7.14. The summed E-state index contributed by atoms with van der Waals surface area (Å²) >= 11 is 0. The van der Waals surface area contributed by atoms with Crippen LogP contribution in [0.1, 0.15) is 29.2 Å². The van der Waals surface area contributed by atoms with Gasteiger partial charge in [0, 0.05) is 23.3 Å². The summed E-state index contributed by atoms with van der Waals surface area (Å²) in [6.45, 7) is 6.79. The molecule has 0 heterocycles. The molecule has 3 rings (SSSR count). The van der Waals surface area contributed by atoms with Gasteiger partial charge in [0.05, 0.1) is 17.7 Å². The molecule has 0 atom stereocenters. The maximum Gasteiger partial charge on any atom is 0.269 e. The van der Waals surface area contributed by atoms with Gasteiger partial charge in [-0.3, -0.25) is 10.1 Å². The maximum atomic E-state index is 10.9. The van der Waals surface area contributed by atoms with E-state index in [9.17, 15) is 10.1 Å². The number of hydrogen-bond donors (Lipinski definition) is 0. The highest BCUT2D eigenvalue weighted by atomic mass is 16.6. The minimum atomic E-state index is -0.440. The Hall–Kier alpha value is -4.13. The summed E-state index contributed by atoms with van der Waals surface area (Å²) in [5.74, 6) is 1.29. The minimum absolute atomic E-state index is 0.0154. The monoisotopic (exact) mass is 446 g/mol. The first-order valence-electron chi connectivity index (χ1n) is 10.6. The van der Waals surface area contributed by atoms with Crippen molar-refractivity contribution in [3.05, 3.63) is 112 Å². The van der Waals surface area contributed by atoms with Crippen molar-refractivity contribution in [1.29, 1.82) is 0 Å². The Bertz CT molecular complexity index is 1110. The molecule has 0 aromatic heterocycles. The molecule has 0 unspecified atom stereocenters. The van der Waals surface area contributed by atoms with Crippen molar-refractivity contribution < 1.29 is 19.2 Å². The standard InChI is InChI=1S/C26H26N2O5/c1-3-9-23-14-22(17-27-33-19-21-12-8-13-24(15-21)28(29)30)16-25(31-4-2)26(23)32-18-20-10-6-5-7-11-20/h3,5-8,10-17H,1,4,9,18-19H2,2H3/b27-17-. The Kier molecular flexibility index (Phi) is 8.59. The summed E-state index contributed by atoms with van der Waals surface area (Å²) in [6.07, 6.45) is 3.98. The molecule has 170 valence electrons. The largest absolute Gasteiger partial charge is 0.490 e. The first-order chi connectivity index (χ1) is 16.1. The zero-order valence-electron chi connectivity index (χ0n) is 18.5. The topological polar surface area (TPSA) is 83.2 Å². The second-order valence-corrected chi connectivity index (χ2v) is 7.14. The molecule has 7 heteroatoms. The van der Waals surface area contributed by atoms with Gasteiger partial charge in [-0.15, -0.1) is 6.58 Å². The number of allylic oxidation sites excluding steroid dienone is 1. The van der Waals surface area contributed by atoms with Crippen molar-refractivity contribution in [3.63, 3.8) is 0 Å². The van der Waals surface area contributed by atoms with Crippen LogP contribution in [0.3, 0.4) is 0 Å². The predicted octanol–water partition coefficient (Wildman–Crippen LogP) is 5.85. The van der Waals surface area contributed by atoms with Gasteiger partial charge in [-0.05, 0) is 36.6 Å². The number of benzene rings is 3. The molecule has 0 saturated heterocycles. The molecule has 0 fully saturated rings. The molecular weight excluding hydrogens is 420 g/mol. The molecule has 3 aromatic carbocycles. The van der Waals surface area contributed by atoms with Crippen molar-refractivity contribution >= 4 is 11.9 Å². The van der Waals surface area contributed by atoms with Gasteiger partial charge in [0.2, 0.25) is 0 Å². The zero-order valence-corrected chi connectivity index (χ0v) is 18.5. The summed E-state index contributed by atoms with van der Waals surface area (Å²) in [5, 5.41) is 14.9. The third-order valence-electron chi connectivity index (χ3n) is 4.67. The van der Waals surface area contributed by atoms with Crippen molar-refractivity contribution in [1.82, 2.24) is 0 Å². The van der Waals surface area contributed by atoms with E-state index in [2.05, 4.69) is 11.7 Å². The van der Waals surface area contributed by atoms with Crippen LogP contribution < -0.4 is 9.47 Å². The summed E-state index contributed by atoms with van der Waals surface area (Å²) in [6, 6.07) is 20.0. The van der Waals surface area contributed by atoms with E-state index in [0.717, 1.165) is 16.7 Å². The number of non-ortho nitro benzene ring substituents is 1. The highest BCUT2D eigenvalue weighted by molar-refractivity contribution is 5.81. The maximum absolute atomic E-state index is 10.9. The molecule has 0 radical (unpaired) electrons. The molecule has 33 heavy (non-hydrogen) atoms. The van der Waals surface area contributed by atoms with E-state index < -0.39 is 4.92 Å². The molecule has 0 aliphatic carbocycles. The summed E-state index contributed by atoms with van der Waals surface area (Å²) in [7, 11) is 0. The van der Waals surface area contributed by atoms with Crippen LogP contribution in [-0.2, 0) is 24.5 Å². The third-order valence-corrected chi connectivity index (χ3v) is 4.67. The number of ether oxygens (including phenoxy) is 2. The Morgan fingerprint density at radius 3 is 2.52 bits per heavy atom. The fourth-order valence-electron chi connectivity index (χ4n) is 3.19. The SMILES string of the molecule is C=CCc1cc(/C=N\OCc2cccc([N+](=O)[O-])c2)cc(OCC)c1OCc1ccccc1. The minimum Gasteiger partial charge on any atom is -0.490 e. The number of oxime groups is 1. The quantitative estimate of drug-likeness (QED) is 0.151. The molecule has 0 amide bonds. The average Bonchev–Trinajstić information content (AvgIpc) is 2.82. The smallest absolute Gasteiger partial charge is 0.269 e. The lowest BCUT2D eigenvalue weighted by molar-refractivity contribution is -0.384. The molecule has 0 spiro atoms. The second kappa shape index (κ2) is 12.0. The van der Waals surface area contributed by atoms with Crippen LogP contribution in [-0.4, -0.2) is 17.7 Å². The lowest BCUT2D eigenvalue weighted by Crippen LogP contribution is -2.04. The van der Waals surface area contributed by atoms with E-state index in [-0.39, 0.29) is 12.3 Å². The fourth-order valence-corrected chi connectivity index (χ4v) is 3.19. The van der Waals surface area contributed by atoms with Gasteiger partial charge in [0.15, 0.2) is 11.5 Å². The van der Waals surface area contributed by atoms with Crippen molar-refractivity contribution in [3.8, 4) is 11.5 Å². The van der Waals surface area contributed by atoms with Gasteiger partial charge in [-0.2, -0.15) is 0 Å². The molecular formula is C26H26N2O5. The van der Waals surface area contributed by atoms with Crippen LogP contribution in [0.5, 0.6) is 11.5 Å². The van der Waals surface area contributed by atoms with E-state index in [1.165, 1.54) is 12.1 Å². The van der Waals surface area contributed by atoms with E-state index in [1.807, 2.05) is 49.4 Å². The van der Waals surface area contributed by atoms with Gasteiger partial charge < -0.3 is 14.3 Å². The highest BCUT2D eigenvalue weighted by Gasteiger charge is 2.13. The van der Waals surface area contributed by atoms with Crippen molar-refractivity contribution in [2.45, 2.75) is 26.6 Å². The van der Waals surface area contributed by atoms with Gasteiger partial charge in [-0.1, -0.05) is 53.7 Å². The van der Waals surface area contributed by atoms with Gasteiger partial charge in [0.25, 0.3) is 5.69 Å². The summed E-state index contributed by atoms with van der Waals surface area (Å²) in [5.41, 5.74) is 3.44. The summed E-state index contributed by atoms with van der Waals surface area (Å²) in [4.78, 5) is 15.8. The molecule has 0 aliphatic rings. The first kappa shape index (κ1) is 23.5. The van der Waals surface area contributed by atoms with Gasteiger partial charge in [0.1, 0.15) is 13.2 Å².